The summed E-state index contributed by atoms with van der Waals surface area (Å²) < 4.78 is 40.9. The average molecular weight is 806 g/mol. The Morgan fingerprint density at radius 1 is 0.238 bits per heavy atom. The Labute approximate surface area is 363 Å². The third-order valence-corrected chi connectivity index (χ3v) is 13.7. The van der Waals surface area contributed by atoms with Crippen LogP contribution in [-0.4, -0.2) is 20.1 Å². The van der Waals surface area contributed by atoms with E-state index in [1.807, 2.05) is 54.6 Å². The maximum Gasteiger partial charge on any atom is 0.260 e. The molecule has 6 nitrogen and oxygen atoms in total. The van der Waals surface area contributed by atoms with Gasteiger partial charge in [-0.05, 0) is 80.3 Å². The van der Waals surface area contributed by atoms with Crippen molar-refractivity contribution in [2.45, 2.75) is 0 Å². The van der Waals surface area contributed by atoms with Crippen LogP contribution in [0, 0.1) is 0 Å². The van der Waals surface area contributed by atoms with E-state index in [2.05, 4.69) is 121 Å². The fraction of sp³-hybridized carbons (Fsp3) is 0. The third kappa shape index (κ3) is 4.60. The van der Waals surface area contributed by atoms with Crippen molar-refractivity contribution < 1.29 is 28.4 Å². The number of fused-ring (bicyclic) bond motifs is 12. The van der Waals surface area contributed by atoms with Crippen LogP contribution in [0.1, 0.15) is 0 Å². The van der Waals surface area contributed by atoms with Crippen molar-refractivity contribution in [2.75, 3.05) is 0 Å². The molecule has 0 saturated heterocycles. The summed E-state index contributed by atoms with van der Waals surface area (Å²) in [5, 5.41) is 0. The van der Waals surface area contributed by atoms with Crippen molar-refractivity contribution in [3.63, 3.8) is 0 Å². The first kappa shape index (κ1) is 33.7. The van der Waals surface area contributed by atoms with Crippen LogP contribution < -0.4 is 77.6 Å². The molecule has 6 aliphatic rings. The second kappa shape index (κ2) is 12.3. The number of benzene rings is 9. The van der Waals surface area contributed by atoms with Gasteiger partial charge >= 0.3 is 0 Å². The molecule has 290 valence electrons. The van der Waals surface area contributed by atoms with Crippen molar-refractivity contribution in [1.29, 1.82) is 0 Å². The van der Waals surface area contributed by atoms with Gasteiger partial charge in [0.05, 0.1) is 0 Å². The van der Waals surface area contributed by atoms with E-state index < -0.39 is 0 Å². The van der Waals surface area contributed by atoms with Crippen LogP contribution in [-0.2, 0) is 0 Å². The molecule has 0 spiro atoms. The molecule has 0 atom stereocenters. The van der Waals surface area contributed by atoms with Crippen LogP contribution in [0.5, 0.6) is 69.0 Å². The van der Waals surface area contributed by atoms with Crippen LogP contribution >= 0.6 is 0 Å². The molecule has 0 radical (unpaired) electrons. The summed E-state index contributed by atoms with van der Waals surface area (Å²) in [6.45, 7) is -0.492. The molecule has 0 amide bonds. The van der Waals surface area contributed by atoms with Crippen LogP contribution in [0.2, 0.25) is 0 Å². The van der Waals surface area contributed by atoms with E-state index in [0.717, 1.165) is 140 Å². The molecule has 0 fully saturated rings. The minimum atomic E-state index is -0.211. The van der Waals surface area contributed by atoms with E-state index in [1.165, 1.54) is 0 Å². The SMILES string of the molecule is c1ccc(-c2cccc3c2Oc2cccc4c2B3c2cc3c(cc2O4)Oc2cccc4c2B3c2cc3c(cc2O4)Oc2cccc4c2B3c2cccc(-c3ccccc3)c2O4)cc1. The molecule has 0 bridgehead atoms. The molecule has 9 aromatic carbocycles. The largest absolute Gasteiger partial charge is 0.458 e. The Morgan fingerprint density at radius 2 is 0.556 bits per heavy atom. The molecule has 0 N–H and O–H groups in total. The van der Waals surface area contributed by atoms with Crippen LogP contribution in [0.3, 0.4) is 0 Å². The van der Waals surface area contributed by atoms with Gasteiger partial charge in [0.1, 0.15) is 69.0 Å². The number of hydrogen-bond donors (Lipinski definition) is 0. The van der Waals surface area contributed by atoms with Crippen molar-refractivity contribution in [2.24, 2.45) is 0 Å². The van der Waals surface area contributed by atoms with E-state index >= 15 is 0 Å². The van der Waals surface area contributed by atoms with Crippen LogP contribution in [0.4, 0.5) is 0 Å². The molecule has 9 heteroatoms. The number of hydrogen-bond acceptors (Lipinski definition) is 6. The van der Waals surface area contributed by atoms with Crippen LogP contribution in [0.15, 0.2) is 176 Å². The Hall–Kier alpha value is -8.03. The molecule has 6 heterocycles. The fourth-order valence-electron chi connectivity index (χ4n) is 11.0. The van der Waals surface area contributed by atoms with E-state index in [-0.39, 0.29) is 20.1 Å². The zero-order valence-electron chi connectivity index (χ0n) is 33.4. The first-order valence-corrected chi connectivity index (χ1v) is 21.4. The second-order valence-electron chi connectivity index (χ2n) is 17.0. The normalized spacial score (nSPS) is 14.1. The van der Waals surface area contributed by atoms with Crippen LogP contribution in [0.25, 0.3) is 22.3 Å². The minimum Gasteiger partial charge on any atom is -0.458 e. The first-order chi connectivity index (χ1) is 31.2. The van der Waals surface area contributed by atoms with Gasteiger partial charge < -0.3 is 28.4 Å². The molecular weight excluding hydrogens is 777 g/mol. The monoisotopic (exact) mass is 806 g/mol. The summed E-state index contributed by atoms with van der Waals surface area (Å²) in [4.78, 5) is 0. The molecule has 15 rings (SSSR count). The predicted molar refractivity (Wildman–Crippen MR) is 250 cm³/mol. The number of para-hydroxylation sites is 2. The van der Waals surface area contributed by atoms with Gasteiger partial charge in [-0.15, -0.1) is 0 Å². The second-order valence-corrected chi connectivity index (χ2v) is 17.0. The molecule has 0 unspecified atom stereocenters. The average Bonchev–Trinajstić information content (AvgIpc) is 3.33. The molecule has 0 aliphatic carbocycles. The maximum atomic E-state index is 6.85. The van der Waals surface area contributed by atoms with Crippen molar-refractivity contribution in [3.05, 3.63) is 176 Å². The van der Waals surface area contributed by atoms with Crippen molar-refractivity contribution >= 4 is 69.3 Å². The summed E-state index contributed by atoms with van der Waals surface area (Å²) in [6.07, 6.45) is 0. The van der Waals surface area contributed by atoms with E-state index in [4.69, 9.17) is 28.4 Å². The van der Waals surface area contributed by atoms with Gasteiger partial charge in [0.2, 0.25) is 0 Å². The van der Waals surface area contributed by atoms with Gasteiger partial charge in [0, 0.05) is 39.6 Å². The van der Waals surface area contributed by atoms with Gasteiger partial charge in [-0.25, -0.2) is 0 Å². The summed E-state index contributed by atoms with van der Waals surface area (Å²) in [6, 6.07) is 60.9. The van der Waals surface area contributed by atoms with E-state index in [0.29, 0.717) is 0 Å². The van der Waals surface area contributed by atoms with Gasteiger partial charge in [0.15, 0.2) is 0 Å². The van der Waals surface area contributed by atoms with E-state index in [1.54, 1.807) is 0 Å². The highest BCUT2D eigenvalue weighted by atomic mass is 16.5. The van der Waals surface area contributed by atoms with Gasteiger partial charge in [0.25, 0.3) is 20.1 Å². The summed E-state index contributed by atoms with van der Waals surface area (Å²) in [5.41, 5.74) is 13.8. The minimum absolute atomic E-state index is 0.141. The molecule has 63 heavy (non-hydrogen) atoms. The third-order valence-electron chi connectivity index (χ3n) is 13.7. The van der Waals surface area contributed by atoms with Gasteiger partial charge in [-0.3, -0.25) is 0 Å². The lowest BCUT2D eigenvalue weighted by molar-refractivity contribution is 0.448. The summed E-state index contributed by atoms with van der Waals surface area (Å²) >= 11 is 0. The smallest absolute Gasteiger partial charge is 0.260 e. The Morgan fingerprint density at radius 3 is 0.921 bits per heavy atom. The quantitative estimate of drug-likeness (QED) is 0.173. The highest BCUT2D eigenvalue weighted by molar-refractivity contribution is 7.02. The molecule has 9 aromatic rings. The predicted octanol–water partition coefficient (Wildman–Crippen LogP) is 7.20. The zero-order valence-corrected chi connectivity index (χ0v) is 33.4. The van der Waals surface area contributed by atoms with Gasteiger partial charge in [-0.1, -0.05) is 127 Å². The maximum absolute atomic E-state index is 6.85. The van der Waals surface area contributed by atoms with Crippen molar-refractivity contribution in [3.8, 4) is 91.2 Å². The zero-order chi connectivity index (χ0) is 40.9. The number of rotatable bonds is 2. The topological polar surface area (TPSA) is 55.4 Å². The molecular formula is C54H29B3O6. The lowest BCUT2D eigenvalue weighted by Crippen LogP contribution is -2.63. The lowest BCUT2D eigenvalue weighted by atomic mass is 9.30. The highest BCUT2D eigenvalue weighted by Gasteiger charge is 2.48. The fourth-order valence-corrected chi connectivity index (χ4v) is 11.0. The Kier molecular flexibility index (Phi) is 6.57. The first-order valence-electron chi connectivity index (χ1n) is 21.4. The molecule has 6 aliphatic heterocycles. The molecule has 0 aromatic heterocycles. The summed E-state index contributed by atoms with van der Waals surface area (Å²) in [5.74, 6) is 9.48. The molecule has 0 saturated carbocycles. The Bertz CT molecular complexity index is 3270. The van der Waals surface area contributed by atoms with Gasteiger partial charge in [-0.2, -0.15) is 0 Å². The van der Waals surface area contributed by atoms with E-state index in [9.17, 15) is 0 Å². The standard InChI is InChI=1S/C54H29B3O6/c1-3-12-30(13-4-1)32-16-7-18-34-53(32)62-44-24-10-22-42-51(44)55(34)36-26-38-48(28-46(36)60-42)58-40-20-9-21-41-50(40)57(38)39-27-37-47(29-49(39)59-41)61-43-23-11-25-45-52(43)56(37)35-19-8-17-33(54(35)63-45)31-14-5-2-6-15-31/h1-29H. The number of ether oxygens (including phenoxy) is 6. The Balaban J connectivity index is 0.941. The van der Waals surface area contributed by atoms with Crippen molar-refractivity contribution in [1.82, 2.24) is 0 Å². The summed E-state index contributed by atoms with van der Waals surface area (Å²) in [7, 11) is 0. The lowest BCUT2D eigenvalue weighted by Gasteiger charge is -2.38. The highest BCUT2D eigenvalue weighted by Crippen LogP contribution is 2.43.